The highest BCUT2D eigenvalue weighted by atomic mass is 32.2. The zero-order chi connectivity index (χ0) is 19.1. The Balaban J connectivity index is 1.34. The van der Waals surface area contributed by atoms with Gasteiger partial charge in [-0.15, -0.1) is 0 Å². The summed E-state index contributed by atoms with van der Waals surface area (Å²) >= 11 is 1.57. The fraction of sp³-hybridized carbons (Fsp3) is 0.750. The van der Waals surface area contributed by atoms with Gasteiger partial charge < -0.3 is 9.80 Å². The normalized spacial score (nSPS) is 20.1. The van der Waals surface area contributed by atoms with E-state index in [0.29, 0.717) is 11.8 Å². The molecule has 0 atom stereocenters. The summed E-state index contributed by atoms with van der Waals surface area (Å²) in [5, 5.41) is 0.832. The lowest BCUT2D eigenvalue weighted by molar-refractivity contribution is -0.133. The summed E-state index contributed by atoms with van der Waals surface area (Å²) in [6.45, 7) is 10.3. The molecular weight excluding hydrogens is 358 g/mol. The first-order chi connectivity index (χ1) is 13.2. The summed E-state index contributed by atoms with van der Waals surface area (Å²) in [6.07, 6.45) is 10.0. The Hall–Kier alpha value is -1.18. The molecule has 6 nitrogen and oxygen atoms in total. The number of amides is 1. The predicted octanol–water partition coefficient (Wildman–Crippen LogP) is 2.35. The molecule has 2 saturated heterocycles. The third kappa shape index (κ3) is 6.16. The molecule has 27 heavy (non-hydrogen) atoms. The molecule has 0 aliphatic carbocycles. The van der Waals surface area contributed by atoms with Gasteiger partial charge in [0.1, 0.15) is 0 Å². The van der Waals surface area contributed by atoms with Crippen LogP contribution >= 0.6 is 11.8 Å². The molecule has 2 aliphatic rings. The maximum Gasteiger partial charge on any atom is 0.222 e. The summed E-state index contributed by atoms with van der Waals surface area (Å²) < 4.78 is 0. The Morgan fingerprint density at radius 2 is 1.74 bits per heavy atom. The monoisotopic (exact) mass is 391 g/mol. The number of nitrogens with zero attached hydrogens (tertiary/aromatic N) is 5. The van der Waals surface area contributed by atoms with E-state index in [2.05, 4.69) is 31.6 Å². The van der Waals surface area contributed by atoms with Crippen LogP contribution in [0.4, 0.5) is 0 Å². The topological polar surface area (TPSA) is 52.6 Å². The van der Waals surface area contributed by atoms with Crippen LogP contribution < -0.4 is 0 Å². The smallest absolute Gasteiger partial charge is 0.222 e. The van der Waals surface area contributed by atoms with Crippen molar-refractivity contribution in [3.63, 3.8) is 0 Å². The van der Waals surface area contributed by atoms with Crippen molar-refractivity contribution < 1.29 is 4.79 Å². The molecule has 1 aromatic heterocycles. The first-order valence-electron chi connectivity index (χ1n) is 10.2. The molecule has 3 rings (SSSR count). The fourth-order valence-electron chi connectivity index (χ4n) is 4.02. The van der Waals surface area contributed by atoms with Crippen molar-refractivity contribution in [1.29, 1.82) is 0 Å². The summed E-state index contributed by atoms with van der Waals surface area (Å²) in [5.74, 6) is 1.05. The van der Waals surface area contributed by atoms with Gasteiger partial charge in [-0.3, -0.25) is 9.69 Å². The van der Waals surface area contributed by atoms with Crippen molar-refractivity contribution in [3.8, 4) is 0 Å². The Kier molecular flexibility index (Phi) is 7.91. The van der Waals surface area contributed by atoms with E-state index >= 15 is 0 Å². The fourth-order valence-corrected chi connectivity index (χ4v) is 4.34. The first kappa shape index (κ1) is 20.6. The third-order valence-electron chi connectivity index (χ3n) is 5.92. The number of carbonyl (C=O) groups is 1. The van der Waals surface area contributed by atoms with Crippen LogP contribution in [0.1, 0.15) is 38.2 Å². The number of thioether (sulfide) groups is 1. The van der Waals surface area contributed by atoms with Gasteiger partial charge in [-0.1, -0.05) is 18.7 Å². The number of carbonyl (C=O) groups excluding carboxylic acids is 1. The van der Waals surface area contributed by atoms with Gasteiger partial charge in [0, 0.05) is 57.1 Å². The number of rotatable bonds is 7. The van der Waals surface area contributed by atoms with E-state index < -0.39 is 0 Å². The molecule has 2 aliphatic heterocycles. The second kappa shape index (κ2) is 10.4. The standard InChI is InChI=1S/C20H33N5OS/c1-3-23-10-12-25(13-11-23)19(26)5-4-17-6-8-24(9-7-17)16-18-14-21-20(27-2)22-15-18/h14-15,17H,3-13,16H2,1-2H3. The maximum absolute atomic E-state index is 12.5. The van der Waals surface area contributed by atoms with Crippen molar-refractivity contribution in [1.82, 2.24) is 24.7 Å². The number of piperazine rings is 1. The van der Waals surface area contributed by atoms with Crippen molar-refractivity contribution in [2.24, 2.45) is 5.92 Å². The number of likely N-dealkylation sites (tertiary alicyclic amines) is 1. The molecule has 0 aromatic carbocycles. The van der Waals surface area contributed by atoms with E-state index in [4.69, 9.17) is 0 Å². The SMILES string of the molecule is CCN1CCN(C(=O)CCC2CCN(Cc3cnc(SC)nc3)CC2)CC1. The van der Waals surface area contributed by atoms with Gasteiger partial charge in [-0.25, -0.2) is 9.97 Å². The average molecular weight is 392 g/mol. The predicted molar refractivity (Wildman–Crippen MR) is 110 cm³/mol. The third-order valence-corrected chi connectivity index (χ3v) is 6.49. The maximum atomic E-state index is 12.5. The van der Waals surface area contributed by atoms with Gasteiger partial charge in [0.25, 0.3) is 0 Å². The number of likely N-dealkylation sites (N-methyl/N-ethyl adjacent to an activating group) is 1. The molecule has 0 bridgehead atoms. The highest BCUT2D eigenvalue weighted by Gasteiger charge is 2.23. The first-order valence-corrected chi connectivity index (χ1v) is 11.5. The van der Waals surface area contributed by atoms with E-state index in [1.54, 1.807) is 11.8 Å². The zero-order valence-electron chi connectivity index (χ0n) is 16.8. The molecular formula is C20H33N5OS. The van der Waals surface area contributed by atoms with Crippen LogP contribution in [0, 0.1) is 5.92 Å². The Labute approximate surface area is 167 Å². The lowest BCUT2D eigenvalue weighted by Gasteiger charge is -2.35. The van der Waals surface area contributed by atoms with E-state index in [0.717, 1.165) is 70.4 Å². The van der Waals surface area contributed by atoms with Crippen LogP contribution in [-0.4, -0.2) is 82.6 Å². The number of aromatic nitrogens is 2. The second-order valence-corrected chi connectivity index (χ2v) is 8.42. The zero-order valence-corrected chi connectivity index (χ0v) is 17.6. The van der Waals surface area contributed by atoms with Crippen molar-refractivity contribution in [2.45, 2.75) is 44.3 Å². The molecule has 2 fully saturated rings. The van der Waals surface area contributed by atoms with Crippen LogP contribution in [0.25, 0.3) is 0 Å². The van der Waals surface area contributed by atoms with Gasteiger partial charge in [0.05, 0.1) is 0 Å². The van der Waals surface area contributed by atoms with E-state index in [9.17, 15) is 4.79 Å². The van der Waals surface area contributed by atoms with E-state index in [1.807, 2.05) is 18.6 Å². The van der Waals surface area contributed by atoms with Crippen LogP contribution in [0.2, 0.25) is 0 Å². The lowest BCUT2D eigenvalue weighted by atomic mass is 9.91. The Morgan fingerprint density at radius 3 is 2.33 bits per heavy atom. The van der Waals surface area contributed by atoms with Crippen LogP contribution in [-0.2, 0) is 11.3 Å². The van der Waals surface area contributed by atoms with Crippen LogP contribution in [0.5, 0.6) is 0 Å². The summed E-state index contributed by atoms with van der Waals surface area (Å²) in [7, 11) is 0. The van der Waals surface area contributed by atoms with Crippen LogP contribution in [0.3, 0.4) is 0 Å². The van der Waals surface area contributed by atoms with E-state index in [-0.39, 0.29) is 0 Å². The summed E-state index contributed by atoms with van der Waals surface area (Å²) in [4.78, 5) is 28.2. The highest BCUT2D eigenvalue weighted by Crippen LogP contribution is 2.23. The lowest BCUT2D eigenvalue weighted by Crippen LogP contribution is -2.48. The van der Waals surface area contributed by atoms with Crippen molar-refractivity contribution in [2.75, 3.05) is 52.1 Å². The molecule has 1 amide bonds. The molecule has 0 saturated carbocycles. The molecule has 1 aromatic rings. The minimum atomic E-state index is 0.360. The number of piperidine rings is 1. The van der Waals surface area contributed by atoms with Gasteiger partial charge in [-0.05, 0) is 51.1 Å². The molecule has 3 heterocycles. The number of hydrogen-bond donors (Lipinski definition) is 0. The quantitative estimate of drug-likeness (QED) is 0.525. The minimum Gasteiger partial charge on any atom is -0.340 e. The number of hydrogen-bond acceptors (Lipinski definition) is 6. The molecule has 0 unspecified atom stereocenters. The highest BCUT2D eigenvalue weighted by molar-refractivity contribution is 7.98. The summed E-state index contributed by atoms with van der Waals surface area (Å²) in [5.41, 5.74) is 1.19. The molecule has 150 valence electrons. The van der Waals surface area contributed by atoms with Gasteiger partial charge >= 0.3 is 0 Å². The second-order valence-electron chi connectivity index (χ2n) is 7.65. The van der Waals surface area contributed by atoms with Crippen molar-refractivity contribution >= 4 is 17.7 Å². The molecule has 0 radical (unpaired) electrons. The van der Waals surface area contributed by atoms with Gasteiger partial charge in [0.2, 0.25) is 5.91 Å². The molecule has 7 heteroatoms. The van der Waals surface area contributed by atoms with E-state index in [1.165, 1.54) is 18.4 Å². The Bertz CT molecular complexity index is 581. The van der Waals surface area contributed by atoms with Crippen molar-refractivity contribution in [3.05, 3.63) is 18.0 Å². The molecule has 0 spiro atoms. The average Bonchev–Trinajstić information content (AvgIpc) is 2.73. The van der Waals surface area contributed by atoms with Gasteiger partial charge in [0.15, 0.2) is 5.16 Å². The van der Waals surface area contributed by atoms with Gasteiger partial charge in [-0.2, -0.15) is 0 Å². The summed E-state index contributed by atoms with van der Waals surface area (Å²) in [6, 6.07) is 0. The Morgan fingerprint density at radius 1 is 1.07 bits per heavy atom. The molecule has 0 N–H and O–H groups in total. The minimum absolute atomic E-state index is 0.360. The largest absolute Gasteiger partial charge is 0.340 e. The van der Waals surface area contributed by atoms with Crippen LogP contribution in [0.15, 0.2) is 17.6 Å².